The van der Waals surface area contributed by atoms with Crippen LogP contribution in [0.2, 0.25) is 0 Å². The fraction of sp³-hybridized carbons (Fsp3) is 0.208. The van der Waals surface area contributed by atoms with Crippen molar-refractivity contribution in [3.05, 3.63) is 94.0 Å². The zero-order chi connectivity index (χ0) is 18.8. The van der Waals surface area contributed by atoms with Gasteiger partial charge >= 0.3 is 0 Å². The molecule has 0 amide bonds. The Morgan fingerprint density at radius 2 is 1.37 bits per heavy atom. The van der Waals surface area contributed by atoms with Crippen molar-refractivity contribution in [1.82, 2.24) is 4.90 Å². The van der Waals surface area contributed by atoms with Crippen LogP contribution in [0.4, 0.5) is 0 Å². The number of benzene rings is 3. The predicted molar refractivity (Wildman–Crippen MR) is 114 cm³/mol. The Hall–Kier alpha value is -2.23. The van der Waals surface area contributed by atoms with E-state index >= 15 is 0 Å². The molecule has 1 fully saturated rings. The molecule has 1 unspecified atom stereocenters. The first-order valence-electron chi connectivity index (χ1n) is 9.33. The van der Waals surface area contributed by atoms with Crippen molar-refractivity contribution in [1.29, 1.82) is 0 Å². The van der Waals surface area contributed by atoms with Gasteiger partial charge in [0.1, 0.15) is 0 Å². The van der Waals surface area contributed by atoms with E-state index in [4.69, 9.17) is 0 Å². The first kappa shape index (κ1) is 18.1. The van der Waals surface area contributed by atoms with E-state index in [0.29, 0.717) is 17.2 Å². The lowest BCUT2D eigenvalue weighted by molar-refractivity contribution is 0.103. The maximum Gasteiger partial charge on any atom is 0.193 e. The second-order valence-corrected chi connectivity index (χ2v) is 8.09. The monoisotopic (exact) mass is 419 g/mol. The van der Waals surface area contributed by atoms with Crippen LogP contribution in [0.15, 0.2) is 77.3 Å². The van der Waals surface area contributed by atoms with E-state index in [9.17, 15) is 4.79 Å². The van der Waals surface area contributed by atoms with Gasteiger partial charge < -0.3 is 0 Å². The van der Waals surface area contributed by atoms with Crippen molar-refractivity contribution < 1.29 is 4.79 Å². The van der Waals surface area contributed by atoms with Gasteiger partial charge in [0.05, 0.1) is 0 Å². The molecule has 3 heteroatoms. The summed E-state index contributed by atoms with van der Waals surface area (Å²) in [5, 5.41) is 0. The van der Waals surface area contributed by atoms with Crippen molar-refractivity contribution in [2.75, 3.05) is 13.6 Å². The van der Waals surface area contributed by atoms with E-state index in [2.05, 4.69) is 52.1 Å². The molecular formula is C24H22BrNO. The summed E-state index contributed by atoms with van der Waals surface area (Å²) >= 11 is 3.40. The average molecular weight is 420 g/mol. The zero-order valence-corrected chi connectivity index (χ0v) is 16.9. The number of carbonyl (C=O) groups excluding carboxylic acids is 1. The van der Waals surface area contributed by atoms with Crippen LogP contribution in [-0.2, 0) is 0 Å². The Balaban J connectivity index is 1.52. The van der Waals surface area contributed by atoms with Crippen LogP contribution in [-0.4, -0.2) is 24.3 Å². The molecule has 3 aromatic carbocycles. The first-order chi connectivity index (χ1) is 13.1. The molecule has 136 valence electrons. The van der Waals surface area contributed by atoms with E-state index in [1.165, 1.54) is 30.5 Å². The lowest BCUT2D eigenvalue weighted by Crippen LogP contribution is -2.17. The summed E-state index contributed by atoms with van der Waals surface area (Å²) in [6.07, 6.45) is 2.51. The number of rotatable bonds is 4. The number of hydrogen-bond donors (Lipinski definition) is 0. The summed E-state index contributed by atoms with van der Waals surface area (Å²) in [5.74, 6) is 0.0497. The van der Waals surface area contributed by atoms with E-state index < -0.39 is 0 Å². The van der Waals surface area contributed by atoms with Crippen LogP contribution < -0.4 is 0 Å². The molecule has 0 bridgehead atoms. The van der Waals surface area contributed by atoms with Crippen LogP contribution in [0.1, 0.15) is 40.4 Å². The molecule has 0 aromatic heterocycles. The van der Waals surface area contributed by atoms with Crippen molar-refractivity contribution in [3.8, 4) is 11.1 Å². The van der Waals surface area contributed by atoms with Crippen molar-refractivity contribution in [3.63, 3.8) is 0 Å². The zero-order valence-electron chi connectivity index (χ0n) is 15.4. The highest BCUT2D eigenvalue weighted by molar-refractivity contribution is 9.10. The molecule has 4 rings (SSSR count). The summed E-state index contributed by atoms with van der Waals surface area (Å²) in [5.41, 5.74) is 5.12. The standard InChI is InChI=1S/C24H22BrNO/c1-26-16-2-3-23(26)19-8-4-17(5-9-19)18-6-10-20(11-7-18)24(27)21-12-14-22(25)15-13-21/h4-15,23H,2-3,16H2,1H3. The summed E-state index contributed by atoms with van der Waals surface area (Å²) in [6, 6.07) is 24.8. The highest BCUT2D eigenvalue weighted by Crippen LogP contribution is 2.31. The molecule has 1 saturated heterocycles. The van der Waals surface area contributed by atoms with Gasteiger partial charge in [0.15, 0.2) is 5.78 Å². The van der Waals surface area contributed by atoms with E-state index in [-0.39, 0.29) is 5.78 Å². The predicted octanol–water partition coefficient (Wildman–Crippen LogP) is 6.11. The Labute approximate surface area is 169 Å². The maximum absolute atomic E-state index is 12.6. The smallest absolute Gasteiger partial charge is 0.193 e. The van der Waals surface area contributed by atoms with Gasteiger partial charge in [-0.15, -0.1) is 0 Å². The third-order valence-electron chi connectivity index (χ3n) is 5.40. The van der Waals surface area contributed by atoms with Gasteiger partial charge in [0.2, 0.25) is 0 Å². The summed E-state index contributed by atoms with van der Waals surface area (Å²) in [7, 11) is 2.20. The lowest BCUT2D eigenvalue weighted by atomic mass is 9.97. The fourth-order valence-electron chi connectivity index (χ4n) is 3.81. The molecule has 27 heavy (non-hydrogen) atoms. The van der Waals surface area contributed by atoms with Crippen molar-refractivity contribution >= 4 is 21.7 Å². The average Bonchev–Trinajstić information content (AvgIpc) is 3.14. The van der Waals surface area contributed by atoms with Crippen LogP contribution in [0.3, 0.4) is 0 Å². The molecule has 1 aliphatic rings. The Bertz CT molecular complexity index is 930. The van der Waals surface area contributed by atoms with Gasteiger partial charge in [-0.1, -0.05) is 64.5 Å². The van der Waals surface area contributed by atoms with Gasteiger partial charge in [-0.2, -0.15) is 0 Å². The van der Waals surface area contributed by atoms with Crippen LogP contribution in [0, 0.1) is 0 Å². The van der Waals surface area contributed by atoms with E-state index in [1.54, 1.807) is 0 Å². The summed E-state index contributed by atoms with van der Waals surface area (Å²) < 4.78 is 0.974. The van der Waals surface area contributed by atoms with Crippen LogP contribution in [0.5, 0.6) is 0 Å². The summed E-state index contributed by atoms with van der Waals surface area (Å²) in [6.45, 7) is 1.18. The number of hydrogen-bond acceptors (Lipinski definition) is 2. The number of likely N-dealkylation sites (tertiary alicyclic amines) is 1. The van der Waals surface area contributed by atoms with Gasteiger partial charge in [0.25, 0.3) is 0 Å². The maximum atomic E-state index is 12.6. The first-order valence-corrected chi connectivity index (χ1v) is 10.1. The van der Waals surface area contributed by atoms with Crippen molar-refractivity contribution in [2.24, 2.45) is 0 Å². The molecule has 1 aliphatic heterocycles. The van der Waals surface area contributed by atoms with Crippen LogP contribution in [0.25, 0.3) is 11.1 Å². The Morgan fingerprint density at radius 1 is 0.852 bits per heavy atom. The minimum Gasteiger partial charge on any atom is -0.299 e. The van der Waals surface area contributed by atoms with Crippen molar-refractivity contribution in [2.45, 2.75) is 18.9 Å². The lowest BCUT2D eigenvalue weighted by Gasteiger charge is -2.20. The molecule has 0 N–H and O–H groups in total. The molecule has 1 atom stereocenters. The minimum absolute atomic E-state index is 0.0497. The molecule has 0 radical (unpaired) electrons. The molecule has 1 heterocycles. The second-order valence-electron chi connectivity index (χ2n) is 7.17. The molecule has 2 nitrogen and oxygen atoms in total. The van der Waals surface area contributed by atoms with Gasteiger partial charge in [-0.05, 0) is 67.4 Å². The number of nitrogens with zero attached hydrogens (tertiary/aromatic N) is 1. The Kier molecular flexibility index (Phi) is 5.24. The quantitative estimate of drug-likeness (QED) is 0.475. The molecule has 3 aromatic rings. The minimum atomic E-state index is 0.0497. The largest absolute Gasteiger partial charge is 0.299 e. The third kappa shape index (κ3) is 3.90. The highest BCUT2D eigenvalue weighted by atomic mass is 79.9. The Morgan fingerprint density at radius 3 is 1.89 bits per heavy atom. The highest BCUT2D eigenvalue weighted by Gasteiger charge is 2.22. The van der Waals surface area contributed by atoms with Crippen LogP contribution >= 0.6 is 15.9 Å². The number of ketones is 1. The molecule has 0 spiro atoms. The van der Waals surface area contributed by atoms with Gasteiger partial charge in [0, 0.05) is 21.6 Å². The van der Waals surface area contributed by atoms with Gasteiger partial charge in [-0.25, -0.2) is 0 Å². The fourth-order valence-corrected chi connectivity index (χ4v) is 4.08. The normalized spacial score (nSPS) is 17.2. The second kappa shape index (κ2) is 7.79. The molecular weight excluding hydrogens is 398 g/mol. The van der Waals surface area contributed by atoms with E-state index in [0.717, 1.165) is 10.0 Å². The topological polar surface area (TPSA) is 20.3 Å². The van der Waals surface area contributed by atoms with Gasteiger partial charge in [-0.3, -0.25) is 9.69 Å². The summed E-state index contributed by atoms with van der Waals surface area (Å²) in [4.78, 5) is 15.0. The van der Waals surface area contributed by atoms with E-state index in [1.807, 2.05) is 48.5 Å². The number of carbonyl (C=O) groups is 1. The SMILES string of the molecule is CN1CCCC1c1ccc(-c2ccc(C(=O)c3ccc(Br)cc3)cc2)cc1. The number of halogens is 1. The third-order valence-corrected chi connectivity index (χ3v) is 5.93. The molecule has 0 saturated carbocycles. The molecule has 0 aliphatic carbocycles.